The fourth-order valence-electron chi connectivity index (χ4n) is 3.06. The molecule has 150 valence electrons. The summed E-state index contributed by atoms with van der Waals surface area (Å²) in [5.74, 6) is 0.560. The zero-order valence-corrected chi connectivity index (χ0v) is 15.8. The predicted octanol–water partition coefficient (Wildman–Crippen LogP) is 1.08. The summed E-state index contributed by atoms with van der Waals surface area (Å²) in [6.07, 6.45) is -1.24. The Morgan fingerprint density at radius 1 is 1.07 bits per heavy atom. The maximum Gasteiger partial charge on any atom is 0.167 e. The van der Waals surface area contributed by atoms with Crippen LogP contribution in [0.25, 0.3) is 11.2 Å². The Labute approximate surface area is 162 Å². The lowest BCUT2D eigenvalue weighted by Crippen LogP contribution is -2.33. The third-order valence-corrected chi connectivity index (χ3v) is 4.45. The number of hydrogen-bond acceptors (Lipinski definition) is 8. The van der Waals surface area contributed by atoms with E-state index < -0.39 is 24.5 Å². The molecule has 9 nitrogen and oxygen atoms in total. The van der Waals surface area contributed by atoms with Gasteiger partial charge in [0.05, 0.1) is 12.9 Å². The van der Waals surface area contributed by atoms with E-state index in [-0.39, 0.29) is 6.61 Å². The van der Waals surface area contributed by atoms with Gasteiger partial charge in [0.15, 0.2) is 23.2 Å². The standard InChI is InChI=1S/C17H19N5O4.C2H6/c23-7-11-13(24)14(25)17(26-11)22-9-21-12-15(19-8-20-16(12)22)18-6-10-4-2-1-3-5-10;1-2/h1-5,8-9,11,13-14,17,23-25H,6-7H2,(H,18,19,20);1-2H3/t11-,13+,14?,17-;/m1./s1. The first-order valence-corrected chi connectivity index (χ1v) is 9.27. The number of aromatic nitrogens is 4. The molecule has 0 aliphatic carbocycles. The first-order chi connectivity index (χ1) is 13.7. The second kappa shape index (κ2) is 9.07. The fourth-order valence-corrected chi connectivity index (χ4v) is 3.06. The van der Waals surface area contributed by atoms with Crippen LogP contribution in [0, 0.1) is 0 Å². The van der Waals surface area contributed by atoms with Crippen molar-refractivity contribution in [2.75, 3.05) is 11.9 Å². The number of nitrogens with zero attached hydrogens (tertiary/aromatic N) is 4. The summed E-state index contributed by atoms with van der Waals surface area (Å²) >= 11 is 0. The largest absolute Gasteiger partial charge is 0.394 e. The number of benzene rings is 1. The topological polar surface area (TPSA) is 126 Å². The van der Waals surface area contributed by atoms with E-state index in [0.717, 1.165) is 5.56 Å². The molecular formula is C19H25N5O4. The van der Waals surface area contributed by atoms with Crippen molar-refractivity contribution in [1.29, 1.82) is 0 Å². The summed E-state index contributed by atoms with van der Waals surface area (Å²) in [5.41, 5.74) is 2.09. The molecule has 3 heterocycles. The second-order valence-electron chi connectivity index (χ2n) is 6.11. The molecule has 3 aromatic rings. The van der Waals surface area contributed by atoms with Gasteiger partial charge in [0.1, 0.15) is 24.6 Å². The Balaban J connectivity index is 0.00000109. The minimum atomic E-state index is -1.19. The Kier molecular flexibility index (Phi) is 6.53. The van der Waals surface area contributed by atoms with Crippen molar-refractivity contribution >= 4 is 17.0 Å². The number of nitrogens with one attached hydrogen (secondary N) is 1. The van der Waals surface area contributed by atoms with Crippen molar-refractivity contribution in [2.45, 2.75) is 44.9 Å². The molecule has 9 heteroatoms. The number of aliphatic hydroxyl groups excluding tert-OH is 3. The normalized spacial score (nSPS) is 24.0. The highest BCUT2D eigenvalue weighted by atomic mass is 16.6. The summed E-state index contributed by atoms with van der Waals surface area (Å²) in [4.78, 5) is 12.8. The molecule has 4 atom stereocenters. The van der Waals surface area contributed by atoms with Crippen LogP contribution in [0.5, 0.6) is 0 Å². The van der Waals surface area contributed by atoms with Crippen LogP contribution in [0.15, 0.2) is 43.0 Å². The van der Waals surface area contributed by atoms with Crippen LogP contribution in [-0.4, -0.2) is 59.8 Å². The van der Waals surface area contributed by atoms with E-state index in [1.165, 1.54) is 17.2 Å². The van der Waals surface area contributed by atoms with Crippen LogP contribution in [0.3, 0.4) is 0 Å². The van der Waals surface area contributed by atoms with Gasteiger partial charge >= 0.3 is 0 Å². The zero-order valence-electron chi connectivity index (χ0n) is 15.8. The molecule has 4 rings (SSSR count). The van der Waals surface area contributed by atoms with Crippen molar-refractivity contribution in [1.82, 2.24) is 19.5 Å². The van der Waals surface area contributed by atoms with Crippen molar-refractivity contribution in [2.24, 2.45) is 0 Å². The molecule has 0 spiro atoms. The average molecular weight is 387 g/mol. The fraction of sp³-hybridized carbons (Fsp3) is 0.421. The molecule has 1 aliphatic heterocycles. The highest BCUT2D eigenvalue weighted by Gasteiger charge is 2.44. The van der Waals surface area contributed by atoms with Gasteiger partial charge in [0.25, 0.3) is 0 Å². The molecule has 1 aliphatic rings. The van der Waals surface area contributed by atoms with Gasteiger partial charge in [-0.1, -0.05) is 44.2 Å². The van der Waals surface area contributed by atoms with E-state index in [1.54, 1.807) is 0 Å². The maximum atomic E-state index is 10.2. The minimum absolute atomic E-state index is 0.389. The molecule has 1 unspecified atom stereocenters. The van der Waals surface area contributed by atoms with Crippen LogP contribution in [0.4, 0.5) is 5.82 Å². The lowest BCUT2D eigenvalue weighted by Gasteiger charge is -2.16. The summed E-state index contributed by atoms with van der Waals surface area (Å²) in [7, 11) is 0. The van der Waals surface area contributed by atoms with Crippen molar-refractivity contribution < 1.29 is 20.1 Å². The Morgan fingerprint density at radius 2 is 1.82 bits per heavy atom. The van der Waals surface area contributed by atoms with Gasteiger partial charge in [-0.3, -0.25) is 4.57 Å². The number of hydrogen-bond donors (Lipinski definition) is 4. The quantitative estimate of drug-likeness (QED) is 0.512. The first kappa shape index (κ1) is 20.2. The SMILES string of the molecule is CC.OC[C@H]1O[C@@H](n2cnc3c(NCc4ccccc4)ncnc32)C(O)[C@H]1O. The summed E-state index contributed by atoms with van der Waals surface area (Å²) < 4.78 is 7.08. The van der Waals surface area contributed by atoms with Gasteiger partial charge in [0.2, 0.25) is 0 Å². The molecular weight excluding hydrogens is 362 g/mol. The number of imidazole rings is 1. The van der Waals surface area contributed by atoms with E-state index in [4.69, 9.17) is 4.74 Å². The molecule has 0 bridgehead atoms. The van der Waals surface area contributed by atoms with E-state index in [2.05, 4.69) is 20.3 Å². The summed E-state index contributed by atoms with van der Waals surface area (Å²) in [6, 6.07) is 9.88. The van der Waals surface area contributed by atoms with Gasteiger partial charge in [-0.2, -0.15) is 0 Å². The summed E-state index contributed by atoms with van der Waals surface area (Å²) in [5, 5.41) is 32.6. The molecule has 2 aromatic heterocycles. The molecule has 0 radical (unpaired) electrons. The van der Waals surface area contributed by atoms with Gasteiger partial charge < -0.3 is 25.4 Å². The Hall–Kier alpha value is -2.59. The first-order valence-electron chi connectivity index (χ1n) is 9.27. The molecule has 1 fully saturated rings. The highest BCUT2D eigenvalue weighted by Crippen LogP contribution is 2.32. The van der Waals surface area contributed by atoms with Gasteiger partial charge in [-0.05, 0) is 5.56 Å². The van der Waals surface area contributed by atoms with E-state index in [9.17, 15) is 15.3 Å². The third-order valence-electron chi connectivity index (χ3n) is 4.45. The Morgan fingerprint density at radius 3 is 2.50 bits per heavy atom. The lowest BCUT2D eigenvalue weighted by molar-refractivity contribution is -0.0511. The van der Waals surface area contributed by atoms with Gasteiger partial charge in [0, 0.05) is 6.54 Å². The Bertz CT molecular complexity index is 888. The number of ether oxygens (including phenoxy) is 1. The van der Waals surface area contributed by atoms with E-state index in [1.807, 2.05) is 44.2 Å². The number of rotatable bonds is 5. The van der Waals surface area contributed by atoms with Crippen LogP contribution >= 0.6 is 0 Å². The van der Waals surface area contributed by atoms with Crippen LogP contribution in [0.1, 0.15) is 25.6 Å². The van der Waals surface area contributed by atoms with Crippen molar-refractivity contribution in [3.63, 3.8) is 0 Å². The van der Waals surface area contributed by atoms with Gasteiger partial charge in [-0.15, -0.1) is 0 Å². The molecule has 1 aromatic carbocycles. The van der Waals surface area contributed by atoms with Crippen molar-refractivity contribution in [3.8, 4) is 0 Å². The number of fused-ring (bicyclic) bond motifs is 1. The molecule has 28 heavy (non-hydrogen) atoms. The van der Waals surface area contributed by atoms with Gasteiger partial charge in [-0.25, -0.2) is 15.0 Å². The highest BCUT2D eigenvalue weighted by molar-refractivity contribution is 5.82. The predicted molar refractivity (Wildman–Crippen MR) is 103 cm³/mol. The van der Waals surface area contributed by atoms with E-state index in [0.29, 0.717) is 23.5 Å². The maximum absolute atomic E-state index is 10.2. The minimum Gasteiger partial charge on any atom is -0.394 e. The monoisotopic (exact) mass is 387 g/mol. The molecule has 4 N–H and O–H groups in total. The van der Waals surface area contributed by atoms with Crippen LogP contribution in [-0.2, 0) is 11.3 Å². The third kappa shape index (κ3) is 3.83. The number of aliphatic hydroxyl groups is 3. The molecule has 0 amide bonds. The smallest absolute Gasteiger partial charge is 0.167 e. The van der Waals surface area contributed by atoms with Crippen molar-refractivity contribution in [3.05, 3.63) is 48.5 Å². The van der Waals surface area contributed by atoms with Crippen LogP contribution < -0.4 is 5.32 Å². The average Bonchev–Trinajstić information content (AvgIpc) is 3.30. The van der Waals surface area contributed by atoms with Crippen LogP contribution in [0.2, 0.25) is 0 Å². The number of anilines is 1. The van der Waals surface area contributed by atoms with E-state index >= 15 is 0 Å². The summed E-state index contributed by atoms with van der Waals surface area (Å²) in [6.45, 7) is 4.19. The lowest BCUT2D eigenvalue weighted by atomic mass is 10.1. The second-order valence-corrected chi connectivity index (χ2v) is 6.11. The molecule has 0 saturated carbocycles. The zero-order chi connectivity index (χ0) is 20.1. The molecule has 1 saturated heterocycles.